The molecule has 0 unspecified atom stereocenters. The molecule has 18 heavy (non-hydrogen) atoms. The molecule has 0 N–H and O–H groups in total. The summed E-state index contributed by atoms with van der Waals surface area (Å²) in [7, 11) is 4.07. The van der Waals surface area contributed by atoms with Crippen LogP contribution in [0.1, 0.15) is 43.5 Å². The van der Waals surface area contributed by atoms with Crippen molar-refractivity contribution >= 4 is 0 Å². The lowest BCUT2D eigenvalue weighted by molar-refractivity contribution is 0.386. The van der Waals surface area contributed by atoms with Gasteiger partial charge in [-0.25, -0.2) is 9.97 Å². The van der Waals surface area contributed by atoms with Gasteiger partial charge in [0.05, 0.1) is 12.2 Å². The Morgan fingerprint density at radius 2 is 1.83 bits per heavy atom. The average Bonchev–Trinajstić information content (AvgIpc) is 2.19. The third kappa shape index (κ3) is 3.64. The molecule has 0 bridgehead atoms. The maximum absolute atomic E-state index is 4.76. The number of nitrogens with zero attached hydrogens (tertiary/aromatic N) is 3. The molecule has 0 saturated carbocycles. The van der Waals surface area contributed by atoms with Crippen molar-refractivity contribution in [3.63, 3.8) is 0 Å². The largest absolute Gasteiger partial charge is 0.302 e. The topological polar surface area (TPSA) is 29.0 Å². The van der Waals surface area contributed by atoms with Crippen LogP contribution in [0.4, 0.5) is 0 Å². The summed E-state index contributed by atoms with van der Waals surface area (Å²) >= 11 is 0. The molecule has 0 spiro atoms. The number of allylic oxidation sites excluding steroid dienone is 1. The summed E-state index contributed by atoms with van der Waals surface area (Å²) < 4.78 is 0. The zero-order valence-corrected chi connectivity index (χ0v) is 12.5. The molecular formula is C15H25N3. The summed E-state index contributed by atoms with van der Waals surface area (Å²) in [5.74, 6) is 0.898. The van der Waals surface area contributed by atoms with Crippen molar-refractivity contribution in [2.75, 3.05) is 14.1 Å². The van der Waals surface area contributed by atoms with Crippen LogP contribution in [-0.2, 0) is 18.4 Å². The first kappa shape index (κ1) is 14.8. The molecule has 0 aromatic carbocycles. The Morgan fingerprint density at radius 1 is 1.22 bits per heavy atom. The zero-order chi connectivity index (χ0) is 13.9. The minimum Gasteiger partial charge on any atom is -0.302 e. The van der Waals surface area contributed by atoms with E-state index in [0.29, 0.717) is 0 Å². The Hall–Kier alpha value is -1.22. The van der Waals surface area contributed by atoms with Crippen LogP contribution in [0.3, 0.4) is 0 Å². The van der Waals surface area contributed by atoms with E-state index < -0.39 is 0 Å². The molecule has 0 atom stereocenters. The molecule has 1 aromatic heterocycles. The predicted octanol–water partition coefficient (Wildman–Crippen LogP) is 2.87. The minimum absolute atomic E-state index is 0.0348. The van der Waals surface area contributed by atoms with E-state index in [2.05, 4.69) is 44.2 Å². The van der Waals surface area contributed by atoms with Crippen molar-refractivity contribution in [1.82, 2.24) is 14.9 Å². The van der Waals surface area contributed by atoms with Crippen LogP contribution in [0.2, 0.25) is 0 Å². The Balaban J connectivity index is 3.32. The summed E-state index contributed by atoms with van der Waals surface area (Å²) in [4.78, 5) is 11.5. The molecule has 1 heterocycles. The number of hydrogen-bond acceptors (Lipinski definition) is 3. The Bertz CT molecular complexity index is 428. The van der Waals surface area contributed by atoms with Crippen LogP contribution in [0.5, 0.6) is 0 Å². The lowest BCUT2D eigenvalue weighted by atomic mass is 9.87. The summed E-state index contributed by atoms with van der Waals surface area (Å²) in [6, 6.07) is 0. The highest BCUT2D eigenvalue weighted by Crippen LogP contribution is 2.26. The first-order valence-electron chi connectivity index (χ1n) is 6.38. The van der Waals surface area contributed by atoms with Crippen LogP contribution in [-0.4, -0.2) is 29.0 Å². The quantitative estimate of drug-likeness (QED) is 0.766. The maximum Gasteiger partial charge on any atom is 0.142 e. The lowest BCUT2D eigenvalue weighted by Crippen LogP contribution is -2.22. The smallest absolute Gasteiger partial charge is 0.142 e. The van der Waals surface area contributed by atoms with Gasteiger partial charge >= 0.3 is 0 Å². The molecule has 0 aliphatic rings. The highest BCUT2D eigenvalue weighted by molar-refractivity contribution is 5.32. The molecule has 0 radical (unpaired) electrons. The molecule has 0 fully saturated rings. The van der Waals surface area contributed by atoms with Gasteiger partial charge in [0.25, 0.3) is 0 Å². The number of hydrogen-bond donors (Lipinski definition) is 0. The summed E-state index contributed by atoms with van der Waals surface area (Å²) in [5, 5.41) is 0. The molecule has 0 amide bonds. The number of aryl methyl sites for hydroxylation is 1. The highest BCUT2D eigenvalue weighted by Gasteiger charge is 2.22. The second-order valence-electron chi connectivity index (χ2n) is 6.03. The van der Waals surface area contributed by atoms with Crippen molar-refractivity contribution in [2.45, 2.75) is 46.1 Å². The van der Waals surface area contributed by atoms with E-state index in [9.17, 15) is 0 Å². The van der Waals surface area contributed by atoms with Crippen molar-refractivity contribution in [3.8, 4) is 0 Å². The predicted molar refractivity (Wildman–Crippen MR) is 76.8 cm³/mol. The molecule has 1 aromatic rings. The SMILES string of the molecule is C=CCc1c(C)nc(CN(C)C)nc1C(C)(C)C. The Morgan fingerprint density at radius 3 is 2.28 bits per heavy atom. The fourth-order valence-corrected chi connectivity index (χ4v) is 2.02. The van der Waals surface area contributed by atoms with E-state index in [4.69, 9.17) is 4.98 Å². The maximum atomic E-state index is 4.76. The van der Waals surface area contributed by atoms with E-state index in [1.165, 1.54) is 5.56 Å². The van der Waals surface area contributed by atoms with Gasteiger partial charge in [0.15, 0.2) is 0 Å². The summed E-state index contributed by atoms with van der Waals surface area (Å²) in [6.45, 7) is 13.3. The lowest BCUT2D eigenvalue weighted by Gasteiger charge is -2.23. The molecule has 3 nitrogen and oxygen atoms in total. The summed E-state index contributed by atoms with van der Waals surface area (Å²) in [6.07, 6.45) is 2.76. The summed E-state index contributed by atoms with van der Waals surface area (Å²) in [5.41, 5.74) is 3.48. The minimum atomic E-state index is 0.0348. The number of rotatable bonds is 4. The van der Waals surface area contributed by atoms with Gasteiger partial charge < -0.3 is 4.90 Å². The van der Waals surface area contributed by atoms with Crippen LogP contribution in [0.25, 0.3) is 0 Å². The molecule has 3 heteroatoms. The van der Waals surface area contributed by atoms with Crippen molar-refractivity contribution in [2.24, 2.45) is 0 Å². The first-order valence-corrected chi connectivity index (χ1v) is 6.38. The third-order valence-electron chi connectivity index (χ3n) is 2.78. The van der Waals surface area contributed by atoms with Gasteiger partial charge in [-0.05, 0) is 33.0 Å². The second-order valence-corrected chi connectivity index (χ2v) is 6.03. The first-order chi connectivity index (χ1) is 8.25. The van der Waals surface area contributed by atoms with Gasteiger partial charge in [0, 0.05) is 11.1 Å². The Kier molecular flexibility index (Phi) is 4.63. The molecule has 0 aliphatic heterocycles. The molecule has 0 aliphatic carbocycles. The standard InChI is InChI=1S/C15H25N3/c1-8-9-12-11(2)16-13(10-18(6)7)17-14(12)15(3,4)5/h8H,1,9-10H2,2-7H3. The van der Waals surface area contributed by atoms with Crippen molar-refractivity contribution < 1.29 is 0 Å². The third-order valence-corrected chi connectivity index (χ3v) is 2.78. The van der Waals surface area contributed by atoms with Crippen molar-refractivity contribution in [3.05, 3.63) is 35.4 Å². The van der Waals surface area contributed by atoms with Crippen LogP contribution in [0, 0.1) is 6.92 Å². The van der Waals surface area contributed by atoms with Crippen molar-refractivity contribution in [1.29, 1.82) is 0 Å². The van der Waals surface area contributed by atoms with Gasteiger partial charge in [-0.2, -0.15) is 0 Å². The monoisotopic (exact) mass is 247 g/mol. The van der Waals surface area contributed by atoms with E-state index in [1.54, 1.807) is 0 Å². The van der Waals surface area contributed by atoms with Gasteiger partial charge in [-0.1, -0.05) is 26.8 Å². The van der Waals surface area contributed by atoms with Gasteiger partial charge in [-0.3, -0.25) is 0 Å². The van der Waals surface area contributed by atoms with Crippen LogP contribution in [0.15, 0.2) is 12.7 Å². The molecule has 0 saturated heterocycles. The molecule has 100 valence electrons. The number of aromatic nitrogens is 2. The second kappa shape index (κ2) is 5.61. The van der Waals surface area contributed by atoms with E-state index in [1.807, 2.05) is 20.2 Å². The van der Waals surface area contributed by atoms with E-state index in [-0.39, 0.29) is 5.41 Å². The molecule has 1 rings (SSSR count). The normalized spacial score (nSPS) is 11.9. The highest BCUT2D eigenvalue weighted by atomic mass is 15.1. The average molecular weight is 247 g/mol. The van der Waals surface area contributed by atoms with E-state index >= 15 is 0 Å². The van der Waals surface area contributed by atoms with Gasteiger partial charge in [0.2, 0.25) is 0 Å². The van der Waals surface area contributed by atoms with Gasteiger partial charge in [-0.15, -0.1) is 6.58 Å². The van der Waals surface area contributed by atoms with Crippen LogP contribution < -0.4 is 0 Å². The van der Waals surface area contributed by atoms with Crippen LogP contribution >= 0.6 is 0 Å². The Labute approximate surface area is 111 Å². The zero-order valence-electron chi connectivity index (χ0n) is 12.5. The van der Waals surface area contributed by atoms with Gasteiger partial charge in [0.1, 0.15) is 5.82 Å². The molecular weight excluding hydrogens is 222 g/mol. The fourth-order valence-electron chi connectivity index (χ4n) is 2.02. The van der Waals surface area contributed by atoms with E-state index in [0.717, 1.165) is 30.2 Å². The fraction of sp³-hybridized carbons (Fsp3) is 0.600.